The summed E-state index contributed by atoms with van der Waals surface area (Å²) < 4.78 is 58.9. The van der Waals surface area contributed by atoms with E-state index in [1.54, 1.807) is 32.2 Å². The van der Waals surface area contributed by atoms with Crippen molar-refractivity contribution < 1.29 is 32.1 Å². The van der Waals surface area contributed by atoms with Gasteiger partial charge in [0.15, 0.2) is 22.8 Å². The molecule has 0 fully saturated rings. The molecule has 4 aromatic rings. The number of ether oxygens (including phenoxy) is 5. The Hall–Kier alpha value is -4.14. The van der Waals surface area contributed by atoms with E-state index < -0.39 is 10.0 Å². The zero-order valence-corrected chi connectivity index (χ0v) is 27.6. The first kappa shape index (κ1) is 33.7. The van der Waals surface area contributed by atoms with Crippen LogP contribution in [0, 0.1) is 6.92 Å². The number of imidazole rings is 1. The number of aromatic amines is 1. The van der Waals surface area contributed by atoms with Crippen molar-refractivity contribution in [2.75, 3.05) is 48.2 Å². The van der Waals surface area contributed by atoms with Gasteiger partial charge < -0.3 is 28.7 Å². The average Bonchev–Trinajstić information content (AvgIpc) is 3.35. The molecule has 45 heavy (non-hydrogen) atoms. The Morgan fingerprint density at radius 1 is 0.978 bits per heavy atom. The lowest BCUT2D eigenvalue weighted by atomic mass is 10.1. The number of hydrogen-bond donors (Lipinski definition) is 1. The van der Waals surface area contributed by atoms with Crippen LogP contribution in [-0.4, -0.2) is 80.5 Å². The number of fused-ring (bicyclic) bond motifs is 1. The fourth-order valence-electron chi connectivity index (χ4n) is 5.13. The van der Waals surface area contributed by atoms with E-state index in [2.05, 4.69) is 9.97 Å². The fourth-order valence-corrected chi connectivity index (χ4v) is 6.62. The molecular formula is C31H41N5O8S. The third-order valence-electron chi connectivity index (χ3n) is 7.20. The van der Waals surface area contributed by atoms with Gasteiger partial charge in [0.05, 0.1) is 44.1 Å². The number of nitrogens with zero attached hydrogens (tertiary/aromatic N) is 4. The van der Waals surface area contributed by atoms with Gasteiger partial charge in [-0.1, -0.05) is 6.92 Å². The van der Waals surface area contributed by atoms with Crippen molar-refractivity contribution in [1.29, 1.82) is 0 Å². The molecule has 0 aliphatic rings. The molecule has 2 aromatic heterocycles. The first-order chi connectivity index (χ1) is 21.6. The van der Waals surface area contributed by atoms with Gasteiger partial charge in [-0.3, -0.25) is 4.79 Å². The zero-order valence-electron chi connectivity index (χ0n) is 26.8. The highest BCUT2D eigenvalue weighted by Crippen LogP contribution is 2.39. The van der Waals surface area contributed by atoms with Gasteiger partial charge >= 0.3 is 0 Å². The fraction of sp³-hybridized carbons (Fsp3) is 0.452. The zero-order chi connectivity index (χ0) is 32.7. The highest BCUT2D eigenvalue weighted by Gasteiger charge is 2.28. The Bertz CT molecular complexity index is 1780. The van der Waals surface area contributed by atoms with E-state index >= 15 is 0 Å². The number of nitrogens with one attached hydrogen (secondary N) is 1. The number of methoxy groups -OCH3 is 4. The van der Waals surface area contributed by atoms with Crippen LogP contribution in [-0.2, 0) is 27.7 Å². The molecule has 0 saturated carbocycles. The van der Waals surface area contributed by atoms with E-state index in [4.69, 9.17) is 28.8 Å². The Morgan fingerprint density at radius 2 is 1.69 bits per heavy atom. The lowest BCUT2D eigenvalue weighted by Gasteiger charge is -2.24. The van der Waals surface area contributed by atoms with E-state index in [1.165, 1.54) is 42.3 Å². The molecule has 2 heterocycles. The van der Waals surface area contributed by atoms with Crippen molar-refractivity contribution in [3.05, 3.63) is 57.8 Å². The molecule has 0 aliphatic carbocycles. The molecule has 1 N–H and O–H groups in total. The average molecular weight is 644 g/mol. The summed E-state index contributed by atoms with van der Waals surface area (Å²) in [4.78, 5) is 20.6. The van der Waals surface area contributed by atoms with Gasteiger partial charge in [-0.15, -0.1) is 5.10 Å². The van der Waals surface area contributed by atoms with E-state index in [-0.39, 0.29) is 29.4 Å². The van der Waals surface area contributed by atoms with Crippen LogP contribution in [0.15, 0.2) is 40.0 Å². The van der Waals surface area contributed by atoms with E-state index in [0.29, 0.717) is 77.2 Å². The Morgan fingerprint density at radius 3 is 2.29 bits per heavy atom. The maximum Gasteiger partial charge on any atom is 0.277 e. The van der Waals surface area contributed by atoms with Crippen molar-refractivity contribution in [3.63, 3.8) is 0 Å². The second-order valence-corrected chi connectivity index (χ2v) is 12.2. The summed E-state index contributed by atoms with van der Waals surface area (Å²) in [5.74, 6) is 2.41. The number of rotatable bonds is 16. The number of benzene rings is 2. The van der Waals surface area contributed by atoms with Gasteiger partial charge in [0.25, 0.3) is 5.56 Å². The van der Waals surface area contributed by atoms with Gasteiger partial charge in [-0.25, -0.2) is 17.9 Å². The summed E-state index contributed by atoms with van der Waals surface area (Å²) in [6, 6.07) is 7.98. The Balaban J connectivity index is 1.84. The van der Waals surface area contributed by atoms with Gasteiger partial charge in [0, 0.05) is 33.2 Å². The monoisotopic (exact) mass is 643 g/mol. The summed E-state index contributed by atoms with van der Waals surface area (Å²) >= 11 is 0. The molecule has 0 spiro atoms. The van der Waals surface area contributed by atoms with Crippen molar-refractivity contribution in [2.24, 2.45) is 0 Å². The third-order valence-corrected chi connectivity index (χ3v) is 9.04. The minimum absolute atomic E-state index is 0.00384. The van der Waals surface area contributed by atoms with E-state index in [0.717, 1.165) is 6.42 Å². The lowest BCUT2D eigenvalue weighted by Crippen LogP contribution is -2.32. The number of aromatic nitrogens is 4. The predicted octanol–water partition coefficient (Wildman–Crippen LogP) is 4.00. The smallest absolute Gasteiger partial charge is 0.277 e. The number of H-pyrrole nitrogens is 1. The van der Waals surface area contributed by atoms with Crippen molar-refractivity contribution in [3.8, 4) is 34.4 Å². The second-order valence-electron chi connectivity index (χ2n) is 10.2. The van der Waals surface area contributed by atoms with Crippen LogP contribution in [0.4, 0.5) is 0 Å². The summed E-state index contributed by atoms with van der Waals surface area (Å²) in [5, 5.41) is 4.69. The largest absolute Gasteiger partial charge is 0.493 e. The summed E-state index contributed by atoms with van der Waals surface area (Å²) in [7, 11) is 1.98. The molecule has 14 heteroatoms. The highest BCUT2D eigenvalue weighted by atomic mass is 32.2. The van der Waals surface area contributed by atoms with Crippen LogP contribution in [0.25, 0.3) is 16.9 Å². The Labute approximate surface area is 263 Å². The molecular weight excluding hydrogens is 602 g/mol. The van der Waals surface area contributed by atoms with E-state index in [1.807, 2.05) is 13.8 Å². The lowest BCUT2D eigenvalue weighted by molar-refractivity contribution is 0.186. The van der Waals surface area contributed by atoms with Crippen LogP contribution in [0.2, 0.25) is 0 Å². The summed E-state index contributed by atoms with van der Waals surface area (Å²) in [6.45, 7) is 6.47. The second kappa shape index (κ2) is 14.8. The van der Waals surface area contributed by atoms with Crippen molar-refractivity contribution in [1.82, 2.24) is 23.9 Å². The minimum atomic E-state index is -4.09. The third kappa shape index (κ3) is 7.08. The van der Waals surface area contributed by atoms with Gasteiger partial charge in [0.2, 0.25) is 15.8 Å². The summed E-state index contributed by atoms with van der Waals surface area (Å²) in [5.41, 5.74) is 1.49. The summed E-state index contributed by atoms with van der Waals surface area (Å²) in [6.07, 6.45) is 1.88. The Kier molecular flexibility index (Phi) is 11.1. The van der Waals surface area contributed by atoms with Crippen LogP contribution in [0.5, 0.6) is 23.0 Å². The minimum Gasteiger partial charge on any atom is -0.493 e. The molecule has 0 bridgehead atoms. The van der Waals surface area contributed by atoms with Crippen LogP contribution < -0.4 is 24.5 Å². The van der Waals surface area contributed by atoms with Crippen LogP contribution in [0.1, 0.15) is 43.8 Å². The first-order valence-electron chi connectivity index (χ1n) is 14.7. The molecule has 4 rings (SSSR count). The molecule has 0 amide bonds. The number of sulfonamides is 1. The first-order valence-corrected chi connectivity index (χ1v) is 16.1. The number of aryl methyl sites for hydroxylation is 2. The molecule has 0 radical (unpaired) electrons. The SMILES string of the molecule is CCCc1nc(C)c2c(=O)[nH]c(-c3cc(S(=O)(=O)N(CCCOC)Cc4cc(OC)c(OC)c(OC)c4)ccc3OCC)nn12. The van der Waals surface area contributed by atoms with Crippen LogP contribution >= 0.6 is 0 Å². The van der Waals surface area contributed by atoms with Crippen LogP contribution in [0.3, 0.4) is 0 Å². The van der Waals surface area contributed by atoms with Gasteiger partial charge in [-0.05, 0) is 62.6 Å². The standard InChI is InChI=1S/C31H41N5O8S/c1-8-11-27-32-20(3)28-31(37)33-30(34-36(27)28)23-18-22(12-13-24(23)44-9-2)45(38,39)35(14-10-15-40-4)19-21-16-25(41-5)29(43-7)26(17-21)42-6/h12-13,16-18H,8-11,14-15,19H2,1-7H3,(H,33,34,37). The molecule has 0 unspecified atom stereocenters. The van der Waals surface area contributed by atoms with Gasteiger partial charge in [-0.2, -0.15) is 4.31 Å². The molecule has 0 aliphatic heterocycles. The van der Waals surface area contributed by atoms with E-state index in [9.17, 15) is 13.2 Å². The quantitative estimate of drug-likeness (QED) is 0.178. The topological polar surface area (TPSA) is 147 Å². The molecule has 244 valence electrons. The highest BCUT2D eigenvalue weighted by molar-refractivity contribution is 7.89. The molecule has 0 atom stereocenters. The van der Waals surface area contributed by atoms with Crippen molar-refractivity contribution >= 4 is 15.5 Å². The normalized spacial score (nSPS) is 11.7. The maximum absolute atomic E-state index is 14.3. The van der Waals surface area contributed by atoms with Crippen molar-refractivity contribution in [2.45, 2.75) is 51.5 Å². The van der Waals surface area contributed by atoms with Gasteiger partial charge in [0.1, 0.15) is 11.6 Å². The molecule has 13 nitrogen and oxygen atoms in total. The number of hydrogen-bond acceptors (Lipinski definition) is 10. The molecule has 2 aromatic carbocycles. The maximum atomic E-state index is 14.3. The predicted molar refractivity (Wildman–Crippen MR) is 169 cm³/mol. The molecule has 0 saturated heterocycles.